The molecule has 1 fully saturated rings. The maximum atomic E-state index is 11.8. The molecule has 0 unspecified atom stereocenters. The van der Waals surface area contributed by atoms with Gasteiger partial charge in [0.05, 0.1) is 5.41 Å². The van der Waals surface area contributed by atoms with Gasteiger partial charge in [-0.3, -0.25) is 9.59 Å². The van der Waals surface area contributed by atoms with Gasteiger partial charge in [-0.25, -0.2) is 0 Å². The van der Waals surface area contributed by atoms with Gasteiger partial charge in [0.1, 0.15) is 11.6 Å². The Morgan fingerprint density at radius 1 is 1.57 bits per heavy atom. The van der Waals surface area contributed by atoms with Crippen molar-refractivity contribution < 1.29 is 9.59 Å². The predicted molar refractivity (Wildman–Crippen MR) is 56.0 cm³/mol. The number of hydrogen-bond donors (Lipinski definition) is 0. The van der Waals surface area contributed by atoms with Crippen LogP contribution in [0.5, 0.6) is 0 Å². The highest BCUT2D eigenvalue weighted by Gasteiger charge is 2.45. The summed E-state index contributed by atoms with van der Waals surface area (Å²) in [4.78, 5) is 23.3. The van der Waals surface area contributed by atoms with Crippen LogP contribution in [0.15, 0.2) is 12.2 Å². The highest BCUT2D eigenvalue weighted by atomic mass is 16.2. The lowest BCUT2D eigenvalue weighted by molar-refractivity contribution is -0.143. The van der Waals surface area contributed by atoms with Gasteiger partial charge < -0.3 is 0 Å². The van der Waals surface area contributed by atoms with Crippen LogP contribution >= 0.6 is 0 Å². The van der Waals surface area contributed by atoms with E-state index in [0.717, 1.165) is 12.8 Å². The standard InChI is InChI=1S/C12H18O2/c1-4-6-10-7-5-8-11(14)12(10,3)9(2)13/h4,6,10H,5,7-8H2,1-3H3/b6-4+/t10-,12-/m0/s1. The van der Waals surface area contributed by atoms with Crippen molar-refractivity contribution in [2.24, 2.45) is 11.3 Å². The number of allylic oxidation sites excluding steroid dienone is 2. The molecule has 0 aromatic heterocycles. The summed E-state index contributed by atoms with van der Waals surface area (Å²) >= 11 is 0. The highest BCUT2D eigenvalue weighted by Crippen LogP contribution is 2.39. The SMILES string of the molecule is C/C=C/[C@H]1CCCC(=O)[C@@]1(C)C(C)=O. The van der Waals surface area contributed by atoms with Crippen molar-refractivity contribution >= 4 is 11.6 Å². The fourth-order valence-electron chi connectivity index (χ4n) is 2.22. The molecule has 0 amide bonds. The third kappa shape index (κ3) is 1.66. The van der Waals surface area contributed by atoms with Crippen LogP contribution in [0.4, 0.5) is 0 Å². The van der Waals surface area contributed by atoms with E-state index in [0.29, 0.717) is 6.42 Å². The molecule has 0 spiro atoms. The monoisotopic (exact) mass is 194 g/mol. The Balaban J connectivity index is 3.03. The lowest BCUT2D eigenvalue weighted by Gasteiger charge is -2.36. The van der Waals surface area contributed by atoms with Crippen LogP contribution in [0.3, 0.4) is 0 Å². The first-order valence-electron chi connectivity index (χ1n) is 5.20. The second-order valence-electron chi connectivity index (χ2n) is 4.21. The fourth-order valence-corrected chi connectivity index (χ4v) is 2.22. The van der Waals surface area contributed by atoms with Crippen LogP contribution in [0, 0.1) is 11.3 Å². The molecule has 0 heterocycles. The molecule has 14 heavy (non-hydrogen) atoms. The van der Waals surface area contributed by atoms with Gasteiger partial charge in [0.15, 0.2) is 0 Å². The maximum absolute atomic E-state index is 11.8. The smallest absolute Gasteiger partial charge is 0.146 e. The number of carbonyl (C=O) groups is 2. The average molecular weight is 194 g/mol. The van der Waals surface area contributed by atoms with Gasteiger partial charge in [-0.1, -0.05) is 12.2 Å². The summed E-state index contributed by atoms with van der Waals surface area (Å²) < 4.78 is 0. The molecule has 0 saturated heterocycles. The third-order valence-electron chi connectivity index (χ3n) is 3.40. The van der Waals surface area contributed by atoms with Gasteiger partial charge in [-0.15, -0.1) is 0 Å². The van der Waals surface area contributed by atoms with E-state index in [2.05, 4.69) is 0 Å². The molecule has 1 aliphatic rings. The normalized spacial score (nSPS) is 33.6. The summed E-state index contributed by atoms with van der Waals surface area (Å²) in [7, 11) is 0. The Morgan fingerprint density at radius 2 is 2.21 bits per heavy atom. The zero-order valence-corrected chi connectivity index (χ0v) is 9.17. The number of ketones is 2. The topological polar surface area (TPSA) is 34.1 Å². The molecule has 0 N–H and O–H groups in total. The van der Waals surface area contributed by atoms with Crippen molar-refractivity contribution in [2.75, 3.05) is 0 Å². The zero-order valence-electron chi connectivity index (χ0n) is 9.17. The number of Topliss-reactive ketones (excluding diaryl/α,β-unsaturated/α-hetero) is 2. The van der Waals surface area contributed by atoms with E-state index in [-0.39, 0.29) is 17.5 Å². The maximum Gasteiger partial charge on any atom is 0.146 e. The molecule has 1 rings (SSSR count). The summed E-state index contributed by atoms with van der Waals surface area (Å²) in [6.07, 6.45) is 6.36. The minimum atomic E-state index is -0.759. The fraction of sp³-hybridized carbons (Fsp3) is 0.667. The Kier molecular flexibility index (Phi) is 3.25. The van der Waals surface area contributed by atoms with Crippen LogP contribution in [-0.4, -0.2) is 11.6 Å². The average Bonchev–Trinajstić information content (AvgIpc) is 2.13. The molecule has 0 aromatic carbocycles. The Morgan fingerprint density at radius 3 is 2.71 bits per heavy atom. The summed E-state index contributed by atoms with van der Waals surface area (Å²) in [6, 6.07) is 0. The first kappa shape index (κ1) is 11.2. The minimum absolute atomic E-state index is 0.00491. The quantitative estimate of drug-likeness (QED) is 0.500. The van der Waals surface area contributed by atoms with E-state index in [1.807, 2.05) is 19.1 Å². The third-order valence-corrected chi connectivity index (χ3v) is 3.40. The molecule has 0 bridgehead atoms. The van der Waals surface area contributed by atoms with Gasteiger partial charge in [-0.2, -0.15) is 0 Å². The zero-order chi connectivity index (χ0) is 10.8. The van der Waals surface area contributed by atoms with E-state index in [1.165, 1.54) is 6.92 Å². The first-order chi connectivity index (χ1) is 6.53. The Labute approximate surface area is 85.4 Å². The van der Waals surface area contributed by atoms with Crippen molar-refractivity contribution in [1.82, 2.24) is 0 Å². The second-order valence-corrected chi connectivity index (χ2v) is 4.21. The van der Waals surface area contributed by atoms with Crippen molar-refractivity contribution in [3.63, 3.8) is 0 Å². The van der Waals surface area contributed by atoms with Crippen LogP contribution in [-0.2, 0) is 9.59 Å². The number of rotatable bonds is 2. The molecule has 1 aliphatic carbocycles. The van der Waals surface area contributed by atoms with Crippen molar-refractivity contribution in [1.29, 1.82) is 0 Å². The second kappa shape index (κ2) is 4.07. The van der Waals surface area contributed by atoms with Crippen LogP contribution in [0.25, 0.3) is 0 Å². The molecule has 1 saturated carbocycles. The summed E-state index contributed by atoms with van der Waals surface area (Å²) in [5.41, 5.74) is -0.759. The lowest BCUT2D eigenvalue weighted by Crippen LogP contribution is -2.44. The molecule has 2 heteroatoms. The van der Waals surface area contributed by atoms with E-state index in [1.54, 1.807) is 6.92 Å². The molecule has 2 nitrogen and oxygen atoms in total. The van der Waals surface area contributed by atoms with Crippen molar-refractivity contribution in [2.45, 2.75) is 40.0 Å². The first-order valence-corrected chi connectivity index (χ1v) is 5.20. The van der Waals surface area contributed by atoms with E-state index >= 15 is 0 Å². The molecular weight excluding hydrogens is 176 g/mol. The summed E-state index contributed by atoms with van der Waals surface area (Å²) in [5.74, 6) is 0.218. The van der Waals surface area contributed by atoms with Crippen molar-refractivity contribution in [3.05, 3.63) is 12.2 Å². The summed E-state index contributed by atoms with van der Waals surface area (Å²) in [6.45, 7) is 5.25. The summed E-state index contributed by atoms with van der Waals surface area (Å²) in [5, 5.41) is 0. The molecule has 0 aliphatic heterocycles. The van der Waals surface area contributed by atoms with Crippen LogP contribution in [0.2, 0.25) is 0 Å². The van der Waals surface area contributed by atoms with Gasteiger partial charge >= 0.3 is 0 Å². The van der Waals surface area contributed by atoms with E-state index in [9.17, 15) is 9.59 Å². The lowest BCUT2D eigenvalue weighted by atomic mass is 9.64. The molecule has 0 radical (unpaired) electrons. The molecular formula is C12H18O2. The Bertz CT molecular complexity index is 278. The van der Waals surface area contributed by atoms with E-state index in [4.69, 9.17) is 0 Å². The number of carbonyl (C=O) groups excluding carboxylic acids is 2. The Hall–Kier alpha value is -0.920. The van der Waals surface area contributed by atoms with Gasteiger partial charge in [0, 0.05) is 6.42 Å². The minimum Gasteiger partial charge on any atom is -0.299 e. The predicted octanol–water partition coefficient (Wildman–Crippen LogP) is 2.53. The van der Waals surface area contributed by atoms with Gasteiger partial charge in [-0.05, 0) is 39.5 Å². The largest absolute Gasteiger partial charge is 0.299 e. The molecule has 78 valence electrons. The van der Waals surface area contributed by atoms with Crippen molar-refractivity contribution in [3.8, 4) is 0 Å². The number of hydrogen-bond acceptors (Lipinski definition) is 2. The highest BCUT2D eigenvalue weighted by molar-refractivity contribution is 6.06. The molecule has 2 atom stereocenters. The van der Waals surface area contributed by atoms with Gasteiger partial charge in [0.25, 0.3) is 0 Å². The van der Waals surface area contributed by atoms with Gasteiger partial charge in [0.2, 0.25) is 0 Å². The molecule has 0 aromatic rings. The van der Waals surface area contributed by atoms with Crippen LogP contribution < -0.4 is 0 Å². The van der Waals surface area contributed by atoms with Crippen LogP contribution in [0.1, 0.15) is 40.0 Å². The van der Waals surface area contributed by atoms with E-state index < -0.39 is 5.41 Å².